The van der Waals surface area contributed by atoms with Gasteiger partial charge < -0.3 is 0 Å². The summed E-state index contributed by atoms with van der Waals surface area (Å²) in [7, 11) is -3.94. The van der Waals surface area contributed by atoms with E-state index in [1.807, 2.05) is 0 Å². The highest BCUT2D eigenvalue weighted by Crippen LogP contribution is 2.42. The van der Waals surface area contributed by atoms with Gasteiger partial charge in [-0.2, -0.15) is 0 Å². The number of sulfone groups is 1. The van der Waals surface area contributed by atoms with Crippen LogP contribution in [0.4, 0.5) is 5.69 Å². The zero-order chi connectivity index (χ0) is 16.1. The third kappa shape index (κ3) is 2.10. The molecule has 0 radical (unpaired) electrons. The molecule has 2 aromatic rings. The molecule has 0 aromatic heterocycles. The second-order valence-corrected chi connectivity index (χ2v) is 7.22. The number of nitro groups is 1. The van der Waals surface area contributed by atoms with Crippen LogP contribution in [0.1, 0.15) is 21.2 Å². The van der Waals surface area contributed by atoms with Crippen molar-refractivity contribution >= 4 is 32.9 Å². The number of benzene rings is 2. The van der Waals surface area contributed by atoms with E-state index < -0.39 is 25.8 Å². The van der Waals surface area contributed by atoms with Crippen LogP contribution in [0.25, 0.3) is 0 Å². The van der Waals surface area contributed by atoms with Gasteiger partial charge in [0, 0.05) is 22.7 Å². The molecule has 112 valence electrons. The summed E-state index contributed by atoms with van der Waals surface area (Å²) in [5.74, 6) is -0.627. The van der Waals surface area contributed by atoms with Crippen LogP contribution in [-0.4, -0.2) is 19.1 Å². The summed E-state index contributed by atoms with van der Waals surface area (Å²) in [6.45, 7) is 0. The van der Waals surface area contributed by atoms with E-state index >= 15 is 0 Å². The number of nitro benzene ring substituents is 1. The molecule has 1 atom stereocenters. The van der Waals surface area contributed by atoms with E-state index in [0.29, 0.717) is 0 Å². The van der Waals surface area contributed by atoms with Crippen LogP contribution in [0.15, 0.2) is 47.4 Å². The molecule has 1 heterocycles. The maximum absolute atomic E-state index is 12.6. The molecule has 0 saturated carbocycles. The second-order valence-electron chi connectivity index (χ2n) is 4.78. The third-order valence-corrected chi connectivity index (χ3v) is 5.76. The van der Waals surface area contributed by atoms with Gasteiger partial charge in [0.05, 0.1) is 9.82 Å². The predicted octanol–water partition coefficient (Wildman–Crippen LogP) is 2.96. The SMILES string of the molecule is O=C1c2cc(Cl)ccc2S(=O)(=O)C1c1cccc([N+](=O)[O-])c1. The Hall–Kier alpha value is -2.25. The molecule has 0 saturated heterocycles. The minimum atomic E-state index is -3.94. The quantitative estimate of drug-likeness (QED) is 0.620. The fraction of sp³-hybridized carbons (Fsp3) is 0.0714. The van der Waals surface area contributed by atoms with Crippen molar-refractivity contribution in [1.29, 1.82) is 0 Å². The highest BCUT2D eigenvalue weighted by molar-refractivity contribution is 7.93. The number of non-ortho nitro benzene ring substituents is 1. The number of Topliss-reactive ketones (excluding diaryl/α,β-unsaturated/α-hetero) is 1. The van der Waals surface area contributed by atoms with Crippen LogP contribution in [0.3, 0.4) is 0 Å². The number of ketones is 1. The molecule has 22 heavy (non-hydrogen) atoms. The smallest absolute Gasteiger partial charge is 0.269 e. The molecule has 1 aliphatic heterocycles. The van der Waals surface area contributed by atoms with Crippen molar-refractivity contribution < 1.29 is 18.1 Å². The van der Waals surface area contributed by atoms with Crippen molar-refractivity contribution in [3.05, 3.63) is 68.7 Å². The molecule has 6 nitrogen and oxygen atoms in total. The first kappa shape index (κ1) is 14.7. The number of fused-ring (bicyclic) bond motifs is 1. The second kappa shape index (κ2) is 4.89. The summed E-state index contributed by atoms with van der Waals surface area (Å²) in [6, 6.07) is 9.05. The van der Waals surface area contributed by atoms with E-state index in [1.54, 1.807) is 0 Å². The molecule has 0 N–H and O–H groups in total. The van der Waals surface area contributed by atoms with Crippen molar-refractivity contribution in [2.45, 2.75) is 10.1 Å². The lowest BCUT2D eigenvalue weighted by Gasteiger charge is -2.08. The normalized spacial score (nSPS) is 19.0. The molecule has 0 spiro atoms. The summed E-state index contributed by atoms with van der Waals surface area (Å²) in [4.78, 5) is 22.5. The number of carbonyl (C=O) groups is 1. The minimum absolute atomic E-state index is 0.0176. The van der Waals surface area contributed by atoms with E-state index in [-0.39, 0.29) is 26.7 Å². The molecule has 0 fully saturated rings. The minimum Gasteiger partial charge on any atom is -0.292 e. The molecule has 1 aliphatic rings. The van der Waals surface area contributed by atoms with Gasteiger partial charge in [0.2, 0.25) is 0 Å². The first-order chi connectivity index (χ1) is 10.3. The largest absolute Gasteiger partial charge is 0.292 e. The van der Waals surface area contributed by atoms with Gasteiger partial charge in [-0.05, 0) is 23.8 Å². The van der Waals surface area contributed by atoms with Gasteiger partial charge in [-0.3, -0.25) is 14.9 Å². The first-order valence-corrected chi connectivity index (χ1v) is 8.07. The summed E-state index contributed by atoms with van der Waals surface area (Å²) in [6.07, 6.45) is 0. The number of halogens is 1. The average Bonchev–Trinajstić information content (AvgIpc) is 2.65. The average molecular weight is 338 g/mol. The van der Waals surface area contributed by atoms with Crippen molar-refractivity contribution in [3.8, 4) is 0 Å². The fourth-order valence-corrected chi connectivity index (χ4v) is 4.55. The van der Waals surface area contributed by atoms with Crippen LogP contribution < -0.4 is 0 Å². The van der Waals surface area contributed by atoms with Gasteiger partial charge in [0.15, 0.2) is 20.9 Å². The monoisotopic (exact) mass is 337 g/mol. The standard InChI is InChI=1S/C14H8ClNO5S/c15-9-4-5-12-11(7-9)13(17)14(22(12,20)21)8-2-1-3-10(6-8)16(18)19/h1-7,14H. The van der Waals surface area contributed by atoms with Crippen LogP contribution in [-0.2, 0) is 9.84 Å². The van der Waals surface area contributed by atoms with Crippen molar-refractivity contribution in [3.63, 3.8) is 0 Å². The number of nitrogens with zero attached hydrogens (tertiary/aromatic N) is 1. The maximum atomic E-state index is 12.6. The lowest BCUT2D eigenvalue weighted by molar-refractivity contribution is -0.384. The number of rotatable bonds is 2. The number of hydrogen-bond donors (Lipinski definition) is 0. The molecule has 1 unspecified atom stereocenters. The predicted molar refractivity (Wildman–Crippen MR) is 78.8 cm³/mol. The lowest BCUT2D eigenvalue weighted by Crippen LogP contribution is -2.13. The molecule has 8 heteroatoms. The lowest BCUT2D eigenvalue weighted by atomic mass is 10.0. The van der Waals surface area contributed by atoms with E-state index in [0.717, 1.165) is 6.07 Å². The van der Waals surface area contributed by atoms with E-state index in [1.165, 1.54) is 36.4 Å². The zero-order valence-electron chi connectivity index (χ0n) is 10.9. The molecule has 0 amide bonds. The van der Waals surface area contributed by atoms with Crippen LogP contribution in [0.5, 0.6) is 0 Å². The topological polar surface area (TPSA) is 94.3 Å². The van der Waals surface area contributed by atoms with Gasteiger partial charge in [-0.25, -0.2) is 8.42 Å². The van der Waals surface area contributed by atoms with Gasteiger partial charge in [0.1, 0.15) is 0 Å². The Morgan fingerprint density at radius 2 is 1.86 bits per heavy atom. The Kier molecular flexibility index (Phi) is 3.26. The summed E-state index contributed by atoms with van der Waals surface area (Å²) in [5.41, 5.74) is -0.176. The highest BCUT2D eigenvalue weighted by atomic mass is 35.5. The Labute approximate surface area is 130 Å². The first-order valence-electron chi connectivity index (χ1n) is 6.14. The summed E-state index contributed by atoms with van der Waals surface area (Å²) >= 11 is 5.81. The van der Waals surface area contributed by atoms with Crippen molar-refractivity contribution in [1.82, 2.24) is 0 Å². The molecular formula is C14H8ClNO5S. The van der Waals surface area contributed by atoms with E-state index in [9.17, 15) is 23.3 Å². The summed E-state index contributed by atoms with van der Waals surface area (Å²) in [5, 5.41) is 9.61. The highest BCUT2D eigenvalue weighted by Gasteiger charge is 2.45. The number of hydrogen-bond acceptors (Lipinski definition) is 5. The van der Waals surface area contributed by atoms with Gasteiger partial charge in [-0.15, -0.1) is 0 Å². The molecule has 2 aromatic carbocycles. The van der Waals surface area contributed by atoms with Crippen LogP contribution in [0.2, 0.25) is 5.02 Å². The van der Waals surface area contributed by atoms with Gasteiger partial charge in [-0.1, -0.05) is 23.7 Å². The molecule has 0 bridgehead atoms. The van der Waals surface area contributed by atoms with E-state index in [4.69, 9.17) is 11.6 Å². The third-order valence-electron chi connectivity index (χ3n) is 3.45. The fourth-order valence-electron chi connectivity index (χ4n) is 2.48. The van der Waals surface area contributed by atoms with Crippen molar-refractivity contribution in [2.75, 3.05) is 0 Å². The van der Waals surface area contributed by atoms with Crippen LogP contribution in [0, 0.1) is 10.1 Å². The zero-order valence-corrected chi connectivity index (χ0v) is 12.5. The Balaban J connectivity index is 2.20. The van der Waals surface area contributed by atoms with Gasteiger partial charge >= 0.3 is 0 Å². The maximum Gasteiger partial charge on any atom is 0.269 e. The Bertz CT molecular complexity index is 923. The molecule has 3 rings (SSSR count). The Morgan fingerprint density at radius 1 is 1.14 bits per heavy atom. The molecular weight excluding hydrogens is 330 g/mol. The Morgan fingerprint density at radius 3 is 2.55 bits per heavy atom. The van der Waals surface area contributed by atoms with E-state index in [2.05, 4.69) is 0 Å². The molecule has 0 aliphatic carbocycles. The van der Waals surface area contributed by atoms with Gasteiger partial charge in [0.25, 0.3) is 5.69 Å². The number of carbonyl (C=O) groups excluding carboxylic acids is 1. The summed E-state index contributed by atoms with van der Waals surface area (Å²) < 4.78 is 25.1. The van der Waals surface area contributed by atoms with Crippen LogP contribution >= 0.6 is 11.6 Å². The van der Waals surface area contributed by atoms with Crippen molar-refractivity contribution in [2.24, 2.45) is 0 Å².